The highest BCUT2D eigenvalue weighted by Crippen LogP contribution is 2.11. The number of carbonyl (C=O) groups excluding carboxylic acids is 4. The number of H-pyrrole nitrogens is 1. The van der Waals surface area contributed by atoms with Gasteiger partial charge < -0.3 is 25.7 Å². The number of ether oxygens (including phenoxy) is 1. The molecule has 11 heteroatoms. The van der Waals surface area contributed by atoms with Gasteiger partial charge in [-0.15, -0.1) is 0 Å². The number of esters is 1. The van der Waals surface area contributed by atoms with Gasteiger partial charge in [0.1, 0.15) is 11.9 Å². The van der Waals surface area contributed by atoms with E-state index in [0.29, 0.717) is 5.69 Å². The van der Waals surface area contributed by atoms with Crippen molar-refractivity contribution in [1.82, 2.24) is 20.6 Å². The molecule has 1 aromatic heterocycles. The summed E-state index contributed by atoms with van der Waals surface area (Å²) in [6, 6.07) is 4.30. The van der Waals surface area contributed by atoms with E-state index in [2.05, 4.69) is 30.7 Å². The highest BCUT2D eigenvalue weighted by Gasteiger charge is 2.23. The number of methoxy groups -OCH3 is 1. The van der Waals surface area contributed by atoms with Crippen LogP contribution in [0.15, 0.2) is 36.8 Å². The number of para-hydroxylation sites is 1. The van der Waals surface area contributed by atoms with Crippen LogP contribution < -0.4 is 16.0 Å². The van der Waals surface area contributed by atoms with Crippen LogP contribution in [0, 0.1) is 5.82 Å². The Morgan fingerprint density at radius 3 is 2.61 bits per heavy atom. The number of aromatic nitrogens is 2. The molecule has 0 aliphatic heterocycles. The summed E-state index contributed by atoms with van der Waals surface area (Å²) in [5, 5.41) is 6.57. The lowest BCUT2D eigenvalue weighted by Gasteiger charge is -2.16. The van der Waals surface area contributed by atoms with E-state index < -0.39 is 42.1 Å². The van der Waals surface area contributed by atoms with Crippen molar-refractivity contribution in [2.75, 3.05) is 19.0 Å². The third-order valence-corrected chi connectivity index (χ3v) is 3.54. The first-order valence-electron chi connectivity index (χ1n) is 8.09. The minimum absolute atomic E-state index is 0.0974. The quantitative estimate of drug-likeness (QED) is 0.370. The first-order chi connectivity index (χ1) is 13.4. The number of aromatic amines is 1. The van der Waals surface area contributed by atoms with Gasteiger partial charge >= 0.3 is 17.8 Å². The number of carbonyl (C=O) groups is 4. The Morgan fingerprint density at radius 1 is 1.21 bits per heavy atom. The summed E-state index contributed by atoms with van der Waals surface area (Å²) >= 11 is 0. The normalized spacial score (nSPS) is 11.2. The molecule has 1 atom stereocenters. The summed E-state index contributed by atoms with van der Waals surface area (Å²) in [5.74, 6) is -4.39. The van der Waals surface area contributed by atoms with Gasteiger partial charge in [-0.3, -0.25) is 14.4 Å². The predicted octanol–water partition coefficient (Wildman–Crippen LogP) is -0.496. The lowest BCUT2D eigenvalue weighted by molar-refractivity contribution is -0.145. The minimum atomic E-state index is -1.14. The first kappa shape index (κ1) is 20.6. The molecule has 0 aliphatic rings. The summed E-state index contributed by atoms with van der Waals surface area (Å²) in [4.78, 5) is 53.9. The van der Waals surface area contributed by atoms with Crippen LogP contribution in [0.4, 0.5) is 10.1 Å². The highest BCUT2D eigenvalue weighted by atomic mass is 19.1. The van der Waals surface area contributed by atoms with Crippen LogP contribution in [-0.4, -0.2) is 53.4 Å². The average molecular weight is 391 g/mol. The standard InChI is InChI=1S/C17H18FN5O5/c1-28-17(27)13(6-10-7-19-9-21-10)22-14(24)8-20-15(25)16(26)23-12-5-3-2-4-11(12)18/h2-5,7,9,13H,6,8H2,1H3,(H,19,21)(H,20,25)(H,22,24)(H,23,26). The van der Waals surface area contributed by atoms with Crippen LogP contribution in [0.2, 0.25) is 0 Å². The van der Waals surface area contributed by atoms with Crippen molar-refractivity contribution in [1.29, 1.82) is 0 Å². The minimum Gasteiger partial charge on any atom is -0.467 e. The van der Waals surface area contributed by atoms with Gasteiger partial charge in [0, 0.05) is 18.3 Å². The topological polar surface area (TPSA) is 142 Å². The van der Waals surface area contributed by atoms with Crippen molar-refractivity contribution >= 4 is 29.4 Å². The van der Waals surface area contributed by atoms with Gasteiger partial charge in [-0.1, -0.05) is 12.1 Å². The second-order valence-corrected chi connectivity index (χ2v) is 5.54. The molecule has 1 unspecified atom stereocenters. The number of benzene rings is 1. The Balaban J connectivity index is 1.85. The van der Waals surface area contributed by atoms with Crippen molar-refractivity contribution in [2.45, 2.75) is 12.5 Å². The molecule has 4 N–H and O–H groups in total. The molecular weight excluding hydrogens is 373 g/mol. The summed E-state index contributed by atoms with van der Waals surface area (Å²) < 4.78 is 18.1. The molecule has 0 spiro atoms. The Morgan fingerprint density at radius 2 is 1.96 bits per heavy atom. The zero-order chi connectivity index (χ0) is 20.5. The van der Waals surface area contributed by atoms with Crippen molar-refractivity contribution in [3.8, 4) is 0 Å². The molecule has 0 saturated carbocycles. The fourth-order valence-electron chi connectivity index (χ4n) is 2.18. The molecule has 0 fully saturated rings. The van der Waals surface area contributed by atoms with E-state index in [1.165, 1.54) is 37.8 Å². The Labute approximate surface area is 158 Å². The number of anilines is 1. The van der Waals surface area contributed by atoms with E-state index in [4.69, 9.17) is 0 Å². The van der Waals surface area contributed by atoms with Gasteiger partial charge in [0.2, 0.25) is 5.91 Å². The maximum atomic E-state index is 13.5. The van der Waals surface area contributed by atoms with E-state index in [1.807, 2.05) is 0 Å². The van der Waals surface area contributed by atoms with Gasteiger partial charge in [0.25, 0.3) is 0 Å². The molecule has 2 aromatic rings. The molecule has 0 bridgehead atoms. The lowest BCUT2D eigenvalue weighted by Crippen LogP contribution is -2.48. The number of hydrogen-bond acceptors (Lipinski definition) is 6. The van der Waals surface area contributed by atoms with Crippen LogP contribution in [-0.2, 0) is 30.3 Å². The zero-order valence-corrected chi connectivity index (χ0v) is 14.8. The first-order valence-corrected chi connectivity index (χ1v) is 8.09. The zero-order valence-electron chi connectivity index (χ0n) is 14.8. The van der Waals surface area contributed by atoms with Gasteiger partial charge in [0.15, 0.2) is 0 Å². The number of rotatable bonds is 7. The number of nitrogens with zero attached hydrogens (tertiary/aromatic N) is 1. The smallest absolute Gasteiger partial charge is 0.328 e. The maximum Gasteiger partial charge on any atom is 0.328 e. The molecule has 0 radical (unpaired) electrons. The molecule has 148 valence electrons. The molecule has 10 nitrogen and oxygen atoms in total. The monoisotopic (exact) mass is 391 g/mol. The molecule has 1 aromatic carbocycles. The summed E-state index contributed by atoms with van der Waals surface area (Å²) in [6.45, 7) is -0.569. The molecule has 0 aliphatic carbocycles. The molecular formula is C17H18FN5O5. The second-order valence-electron chi connectivity index (χ2n) is 5.54. The maximum absolute atomic E-state index is 13.5. The fraction of sp³-hybridized carbons (Fsp3) is 0.235. The molecule has 3 amide bonds. The van der Waals surface area contributed by atoms with Crippen molar-refractivity contribution in [2.24, 2.45) is 0 Å². The number of amides is 3. The van der Waals surface area contributed by atoms with Crippen molar-refractivity contribution < 1.29 is 28.3 Å². The Kier molecular flexibility index (Phi) is 7.20. The number of nitrogens with one attached hydrogen (secondary N) is 4. The number of halogens is 1. The van der Waals surface area contributed by atoms with Crippen LogP contribution >= 0.6 is 0 Å². The van der Waals surface area contributed by atoms with Crippen LogP contribution in [0.5, 0.6) is 0 Å². The predicted molar refractivity (Wildman–Crippen MR) is 94.3 cm³/mol. The molecule has 28 heavy (non-hydrogen) atoms. The Bertz CT molecular complexity index is 855. The SMILES string of the molecule is COC(=O)C(Cc1cnc[nH]1)NC(=O)CNC(=O)C(=O)Nc1ccccc1F. The van der Waals surface area contributed by atoms with Crippen LogP contribution in [0.25, 0.3) is 0 Å². The Hall–Kier alpha value is -3.76. The largest absolute Gasteiger partial charge is 0.467 e. The summed E-state index contributed by atoms with van der Waals surface area (Å²) in [7, 11) is 1.17. The van der Waals surface area contributed by atoms with E-state index in [-0.39, 0.29) is 12.1 Å². The van der Waals surface area contributed by atoms with Gasteiger partial charge in [-0.25, -0.2) is 14.2 Å². The average Bonchev–Trinajstić information content (AvgIpc) is 3.19. The van der Waals surface area contributed by atoms with E-state index in [0.717, 1.165) is 6.07 Å². The molecule has 0 saturated heterocycles. The summed E-state index contributed by atoms with van der Waals surface area (Å²) in [5.41, 5.74) is 0.418. The van der Waals surface area contributed by atoms with Crippen molar-refractivity contribution in [3.05, 3.63) is 48.3 Å². The lowest BCUT2D eigenvalue weighted by atomic mass is 10.1. The van der Waals surface area contributed by atoms with E-state index in [9.17, 15) is 23.6 Å². The van der Waals surface area contributed by atoms with Gasteiger partial charge in [-0.2, -0.15) is 0 Å². The van der Waals surface area contributed by atoms with Crippen LogP contribution in [0.3, 0.4) is 0 Å². The third-order valence-electron chi connectivity index (χ3n) is 3.54. The fourth-order valence-corrected chi connectivity index (χ4v) is 2.18. The summed E-state index contributed by atoms with van der Waals surface area (Å²) in [6.07, 6.45) is 3.00. The third kappa shape index (κ3) is 5.90. The van der Waals surface area contributed by atoms with E-state index in [1.54, 1.807) is 0 Å². The number of imidazole rings is 1. The van der Waals surface area contributed by atoms with Gasteiger partial charge in [0.05, 0.1) is 25.7 Å². The van der Waals surface area contributed by atoms with Crippen molar-refractivity contribution in [3.63, 3.8) is 0 Å². The van der Waals surface area contributed by atoms with Gasteiger partial charge in [-0.05, 0) is 12.1 Å². The van der Waals surface area contributed by atoms with E-state index >= 15 is 0 Å². The molecule has 1 heterocycles. The second kappa shape index (κ2) is 9.80. The highest BCUT2D eigenvalue weighted by molar-refractivity contribution is 6.39. The number of hydrogen-bond donors (Lipinski definition) is 4. The molecule has 2 rings (SSSR count). The van der Waals surface area contributed by atoms with Crippen LogP contribution in [0.1, 0.15) is 5.69 Å².